The van der Waals surface area contributed by atoms with E-state index in [1.165, 1.54) is 0 Å². The summed E-state index contributed by atoms with van der Waals surface area (Å²) in [5, 5.41) is 6.95. The van der Waals surface area contributed by atoms with Crippen LogP contribution < -0.4 is 4.91 Å². The highest BCUT2D eigenvalue weighted by Crippen LogP contribution is 1.99. The number of carbonyl (C=O) groups excluding carboxylic acids is 1. The van der Waals surface area contributed by atoms with Crippen LogP contribution in [0.15, 0.2) is 40.6 Å². The number of carbonyl (C=O) groups is 1. The van der Waals surface area contributed by atoms with Crippen LogP contribution >= 0.6 is 11.6 Å². The van der Waals surface area contributed by atoms with Crippen LogP contribution in [-0.2, 0) is 0 Å². The van der Waals surface area contributed by atoms with Crippen molar-refractivity contribution in [2.45, 2.75) is 0 Å². The van der Waals surface area contributed by atoms with E-state index in [0.29, 0.717) is 18.0 Å². The number of amides is 1. The fourth-order valence-electron chi connectivity index (χ4n) is 0.793. The summed E-state index contributed by atoms with van der Waals surface area (Å²) in [6.07, 6.45) is 0. The second-order valence-electron chi connectivity index (χ2n) is 2.41. The Balaban J connectivity index is 2.64. The number of benzene rings is 1. The molecule has 72 valence electrons. The minimum absolute atomic E-state index is 0.368. The number of alkyl halides is 1. The molecule has 0 saturated carbocycles. The first-order valence-electron chi connectivity index (χ1n) is 4.07. The van der Waals surface area contributed by atoms with Crippen molar-refractivity contribution in [2.24, 2.45) is 10.2 Å². The third-order valence-corrected chi connectivity index (χ3v) is 1.57. The van der Waals surface area contributed by atoms with Crippen molar-refractivity contribution in [3.8, 4) is 0 Å². The van der Waals surface area contributed by atoms with Crippen molar-refractivity contribution in [1.29, 1.82) is 0 Å². The van der Waals surface area contributed by atoms with Crippen LogP contribution in [0.3, 0.4) is 0 Å². The minimum Gasteiger partial charge on any atom is -0.259 e. The molecule has 0 aromatic heterocycles. The largest absolute Gasteiger partial charge is 0.360 e. The van der Waals surface area contributed by atoms with E-state index in [9.17, 15) is 4.79 Å². The Hall–Kier alpha value is -1.51. The van der Waals surface area contributed by atoms with Crippen LogP contribution in [0.25, 0.3) is 0 Å². The van der Waals surface area contributed by atoms with Crippen molar-refractivity contribution in [1.82, 2.24) is 4.91 Å². The van der Waals surface area contributed by atoms with Gasteiger partial charge in [0, 0.05) is 11.4 Å². The fourth-order valence-corrected chi connectivity index (χ4v) is 0.869. The predicted molar refractivity (Wildman–Crippen MR) is 53.3 cm³/mol. The first-order chi connectivity index (χ1) is 6.84. The van der Waals surface area contributed by atoms with Crippen molar-refractivity contribution < 1.29 is 4.79 Å². The van der Waals surface area contributed by atoms with E-state index in [1.54, 1.807) is 24.3 Å². The van der Waals surface area contributed by atoms with E-state index in [1.807, 2.05) is 6.07 Å². The summed E-state index contributed by atoms with van der Waals surface area (Å²) in [5.74, 6) is -0.0256. The lowest BCUT2D eigenvalue weighted by molar-refractivity contribution is 0.0992. The summed E-state index contributed by atoms with van der Waals surface area (Å²) in [7, 11) is 0. The van der Waals surface area contributed by atoms with Crippen molar-refractivity contribution in [3.05, 3.63) is 35.9 Å². The summed E-state index contributed by atoms with van der Waals surface area (Å²) < 4.78 is 0. The first-order valence-corrected chi connectivity index (χ1v) is 4.61. The average Bonchev–Trinajstić information content (AvgIpc) is 2.25. The van der Waals surface area contributed by atoms with E-state index in [4.69, 9.17) is 11.6 Å². The minimum atomic E-state index is -0.399. The molecule has 0 unspecified atom stereocenters. The van der Waals surface area contributed by atoms with Gasteiger partial charge in [-0.05, 0) is 12.1 Å². The lowest BCUT2D eigenvalue weighted by Gasteiger charge is -1.85. The molecule has 0 heterocycles. The van der Waals surface area contributed by atoms with Crippen LogP contribution in [0.5, 0.6) is 0 Å². The maximum Gasteiger partial charge on any atom is 0.360 e. The quantitative estimate of drug-likeness (QED) is 0.428. The fraction of sp³-hybridized carbons (Fsp3) is 0.222. The highest BCUT2D eigenvalue weighted by Gasteiger charge is 2.07. The summed E-state index contributed by atoms with van der Waals surface area (Å²) in [4.78, 5) is 14.6. The Morgan fingerprint density at radius 1 is 1.36 bits per heavy atom. The number of hydrogen-bond donors (Lipinski definition) is 0. The molecule has 0 bridgehead atoms. The standard InChI is InChI=1S/C9H9ClN3O/c10-6-7-11-13-12-9(14)8-4-2-1-3-5-8/h1-5H,6-7H2/q+1. The van der Waals surface area contributed by atoms with Gasteiger partial charge in [0.15, 0.2) is 0 Å². The third kappa shape index (κ3) is 3.47. The molecule has 0 saturated heterocycles. The number of nitrogens with zero attached hydrogens (tertiary/aromatic N) is 3. The van der Waals surface area contributed by atoms with Gasteiger partial charge in [-0.25, -0.2) is 0 Å². The maximum absolute atomic E-state index is 11.3. The van der Waals surface area contributed by atoms with Crippen LogP contribution in [0.2, 0.25) is 0 Å². The molecule has 5 heteroatoms. The van der Waals surface area contributed by atoms with Gasteiger partial charge in [-0.1, -0.05) is 18.2 Å². The Labute approximate surface area is 86.3 Å². The highest BCUT2D eigenvalue weighted by molar-refractivity contribution is 6.18. The van der Waals surface area contributed by atoms with Gasteiger partial charge in [0.2, 0.25) is 10.0 Å². The molecule has 4 nitrogen and oxygen atoms in total. The van der Waals surface area contributed by atoms with Crippen molar-refractivity contribution >= 4 is 17.5 Å². The number of halogens is 1. The van der Waals surface area contributed by atoms with Crippen LogP contribution in [0.4, 0.5) is 0 Å². The predicted octanol–water partition coefficient (Wildman–Crippen LogP) is 2.04. The third-order valence-electron chi connectivity index (χ3n) is 1.40. The zero-order valence-corrected chi connectivity index (χ0v) is 8.18. The molecule has 1 aromatic carbocycles. The van der Waals surface area contributed by atoms with Gasteiger partial charge in [-0.2, -0.15) is 0 Å². The summed E-state index contributed by atoms with van der Waals surface area (Å²) >= 11 is 5.35. The molecule has 0 spiro atoms. The Bertz CT molecular complexity index is 358. The number of hydrogen-bond acceptors (Lipinski definition) is 2. The molecule has 1 aromatic rings. The molecular formula is C9H9ClN3O+. The molecule has 0 radical (unpaired) electrons. The van der Waals surface area contributed by atoms with E-state index >= 15 is 0 Å². The van der Waals surface area contributed by atoms with Gasteiger partial charge >= 0.3 is 5.91 Å². The first kappa shape index (κ1) is 10.6. The Morgan fingerprint density at radius 3 is 2.71 bits per heavy atom. The molecule has 1 amide bonds. The average molecular weight is 211 g/mol. The molecule has 0 atom stereocenters. The smallest absolute Gasteiger partial charge is 0.259 e. The highest BCUT2D eigenvalue weighted by atomic mass is 35.5. The van der Waals surface area contributed by atoms with Crippen LogP contribution in [-0.4, -0.2) is 18.3 Å². The van der Waals surface area contributed by atoms with Gasteiger partial charge in [0.1, 0.15) is 11.7 Å². The number of rotatable bonds is 3. The molecule has 0 aliphatic heterocycles. The Kier molecular flexibility index (Phi) is 4.55. The lowest BCUT2D eigenvalue weighted by Crippen LogP contribution is -1.93. The molecule has 0 N–H and O–H groups in total. The topological polar surface area (TPSA) is 55.9 Å². The summed E-state index contributed by atoms with van der Waals surface area (Å²) in [6.45, 7) is 0.368. The summed E-state index contributed by atoms with van der Waals surface area (Å²) in [5.41, 5.74) is 0.498. The zero-order valence-electron chi connectivity index (χ0n) is 7.43. The lowest BCUT2D eigenvalue weighted by atomic mass is 10.2. The second-order valence-corrected chi connectivity index (χ2v) is 2.79. The van der Waals surface area contributed by atoms with E-state index < -0.39 is 5.91 Å². The van der Waals surface area contributed by atoms with Gasteiger partial charge in [-0.3, -0.25) is 4.79 Å². The van der Waals surface area contributed by atoms with Crippen LogP contribution in [0.1, 0.15) is 10.4 Å². The van der Waals surface area contributed by atoms with Crippen molar-refractivity contribution in [2.75, 3.05) is 12.4 Å². The van der Waals surface area contributed by atoms with E-state index in [-0.39, 0.29) is 0 Å². The van der Waals surface area contributed by atoms with Gasteiger partial charge in [0.05, 0.1) is 0 Å². The van der Waals surface area contributed by atoms with Gasteiger partial charge < -0.3 is 0 Å². The molecule has 0 aliphatic rings. The van der Waals surface area contributed by atoms with Crippen molar-refractivity contribution in [3.63, 3.8) is 0 Å². The SMILES string of the molecule is O=C(N=[N+]=NCCCl)c1ccccc1. The second kappa shape index (κ2) is 6.02. The monoisotopic (exact) mass is 210 g/mol. The summed E-state index contributed by atoms with van der Waals surface area (Å²) in [6, 6.07) is 8.69. The van der Waals surface area contributed by atoms with Crippen LogP contribution in [0, 0.1) is 0 Å². The van der Waals surface area contributed by atoms with E-state index in [2.05, 4.69) is 15.1 Å². The molecular weight excluding hydrogens is 202 g/mol. The Morgan fingerprint density at radius 2 is 2.07 bits per heavy atom. The van der Waals surface area contributed by atoms with Gasteiger partial charge in [-0.15, -0.1) is 11.6 Å². The van der Waals surface area contributed by atoms with Gasteiger partial charge in [0.25, 0.3) is 0 Å². The maximum atomic E-state index is 11.3. The molecule has 1 rings (SSSR count). The zero-order chi connectivity index (χ0) is 10.2. The molecule has 0 aliphatic carbocycles. The normalized spacial score (nSPS) is 8.93. The van der Waals surface area contributed by atoms with E-state index in [0.717, 1.165) is 0 Å². The molecule has 0 fully saturated rings. The molecule has 14 heavy (non-hydrogen) atoms.